The second-order valence-electron chi connectivity index (χ2n) is 1.89. The number of rotatable bonds is 3. The Morgan fingerprint density at radius 2 is 1.53 bits per heavy atom. The third-order valence-electron chi connectivity index (χ3n) is 1.03. The Morgan fingerprint density at radius 1 is 1.20 bits per heavy atom. The first-order valence-electron chi connectivity index (χ1n) is 2.58. The van der Waals surface area contributed by atoms with Crippen LogP contribution in [0.3, 0.4) is 0 Å². The number of nitrogens with one attached hydrogen (secondary N) is 1. The topological polar surface area (TPSA) is 104 Å². The molecule has 2 atom stereocenters. The fraction of sp³-hybridized carbons (Fsp3) is 0.667. The van der Waals surface area contributed by atoms with E-state index in [0.717, 1.165) is 0 Å². The van der Waals surface area contributed by atoms with Crippen molar-refractivity contribution in [3.05, 3.63) is 0 Å². The normalized spacial score (nSPS) is 16.4. The number of alkyl halides is 4. The maximum Gasteiger partial charge on any atom is 1.00 e. The molecule has 15 heavy (non-hydrogen) atoms. The molecule has 0 rings (SSSR count). The molecule has 0 heterocycles. The van der Waals surface area contributed by atoms with Gasteiger partial charge in [0.05, 0.1) is 0 Å². The van der Waals surface area contributed by atoms with E-state index in [4.69, 9.17) is 5.41 Å². The van der Waals surface area contributed by atoms with E-state index < -0.39 is 38.4 Å². The van der Waals surface area contributed by atoms with Crippen molar-refractivity contribution in [1.82, 2.24) is 0 Å². The Morgan fingerprint density at radius 3 is 1.73 bits per heavy atom. The molecule has 0 aliphatic carbocycles. The smallest absolute Gasteiger partial charge is 1.00 e. The van der Waals surface area contributed by atoms with Gasteiger partial charge in [-0.15, -0.1) is 0 Å². The molecular weight excluding hydrogens is 261 g/mol. The number of halogens is 4. The largest absolute Gasteiger partial charge is 1.00 e. The van der Waals surface area contributed by atoms with E-state index in [2.05, 4.69) is 0 Å². The van der Waals surface area contributed by atoms with Gasteiger partial charge in [-0.2, -0.15) is 17.6 Å². The van der Waals surface area contributed by atoms with Crippen LogP contribution >= 0.6 is 0 Å². The molecule has 0 amide bonds. The molecule has 0 spiro atoms. The molecule has 0 aliphatic heterocycles. The van der Waals surface area contributed by atoms with Crippen molar-refractivity contribution in [2.45, 2.75) is 11.2 Å². The molecule has 0 saturated heterocycles. The molecular formula is C3H2F4LiNO4S2-2. The van der Waals surface area contributed by atoms with Crippen LogP contribution in [0.4, 0.5) is 17.6 Å². The summed E-state index contributed by atoms with van der Waals surface area (Å²) in [6.45, 7) is 0. The molecule has 0 saturated carbocycles. The zero-order valence-corrected chi connectivity index (χ0v) is 8.59. The molecule has 12 heteroatoms. The van der Waals surface area contributed by atoms with Crippen molar-refractivity contribution in [3.63, 3.8) is 0 Å². The molecule has 0 aromatic rings. The van der Waals surface area contributed by atoms with Crippen LogP contribution in [0.5, 0.6) is 0 Å². The van der Waals surface area contributed by atoms with E-state index in [1.165, 1.54) is 0 Å². The minimum Gasteiger partial charge on any atom is -1.00 e. The van der Waals surface area contributed by atoms with Crippen LogP contribution in [0.15, 0.2) is 0 Å². The summed E-state index contributed by atoms with van der Waals surface area (Å²) >= 11 is -8.44. The Balaban J connectivity index is -0.000000845. The van der Waals surface area contributed by atoms with Gasteiger partial charge in [-0.1, -0.05) is 0 Å². The van der Waals surface area contributed by atoms with E-state index in [1.54, 1.807) is 0 Å². The maximum absolute atomic E-state index is 12.3. The molecule has 0 bridgehead atoms. The van der Waals surface area contributed by atoms with Crippen LogP contribution in [-0.2, 0) is 22.2 Å². The van der Waals surface area contributed by atoms with Crippen LogP contribution in [-0.4, -0.2) is 33.7 Å². The van der Waals surface area contributed by atoms with Crippen molar-refractivity contribution < 1.29 is 55.4 Å². The quantitative estimate of drug-likeness (QED) is 0.193. The maximum atomic E-state index is 12.3. The summed E-state index contributed by atoms with van der Waals surface area (Å²) in [5.41, 5.74) is 0. The van der Waals surface area contributed by atoms with E-state index in [0.29, 0.717) is 0 Å². The SMILES string of the molecule is N=C(S(=O)[O-])C(F)(F)C(F)(F)S(=O)[O-].[H-].[Li+]. The second kappa shape index (κ2) is 5.51. The summed E-state index contributed by atoms with van der Waals surface area (Å²) < 4.78 is 87.9. The zero-order chi connectivity index (χ0) is 11.7. The predicted molar refractivity (Wildman–Crippen MR) is 36.6 cm³/mol. The van der Waals surface area contributed by atoms with Gasteiger partial charge in [-0.05, 0) is 11.1 Å². The summed E-state index contributed by atoms with van der Waals surface area (Å²) in [5, 5.41) is -2.24. The van der Waals surface area contributed by atoms with E-state index in [1.807, 2.05) is 0 Å². The average Bonchev–Trinajstić information content (AvgIpc) is 2.01. The summed E-state index contributed by atoms with van der Waals surface area (Å²) in [4.78, 5) is 0. The average molecular weight is 263 g/mol. The van der Waals surface area contributed by atoms with Crippen LogP contribution in [0, 0.1) is 5.41 Å². The summed E-state index contributed by atoms with van der Waals surface area (Å²) in [7, 11) is 0. The molecule has 5 nitrogen and oxygen atoms in total. The fourth-order valence-electron chi connectivity index (χ4n) is 0.341. The van der Waals surface area contributed by atoms with Gasteiger partial charge in [-0.3, -0.25) is 13.8 Å². The van der Waals surface area contributed by atoms with Crippen molar-refractivity contribution in [2.75, 3.05) is 0 Å². The van der Waals surface area contributed by atoms with Gasteiger partial charge in [0.25, 0.3) is 0 Å². The van der Waals surface area contributed by atoms with Crippen LogP contribution in [0.1, 0.15) is 1.43 Å². The summed E-state index contributed by atoms with van der Waals surface area (Å²) in [6.07, 6.45) is 0. The standard InChI is InChI=1S/C3H3F4NO4S2.Li.H/c4-2(5,1(8)13(9)10)3(6,7)14(11)12;;/h8H,(H,9,10)(H,11,12);;/q;+1;-1/p-2. The molecule has 0 aromatic heterocycles. The third kappa shape index (κ3) is 3.33. The molecule has 0 radical (unpaired) electrons. The first-order valence-corrected chi connectivity index (χ1v) is 4.73. The molecule has 0 fully saturated rings. The molecule has 0 aliphatic rings. The Labute approximate surface area is 99.4 Å². The van der Waals surface area contributed by atoms with Crippen molar-refractivity contribution >= 4 is 27.2 Å². The van der Waals surface area contributed by atoms with Gasteiger partial charge < -0.3 is 10.5 Å². The Hall–Kier alpha value is 0.207. The molecule has 1 N–H and O–H groups in total. The summed E-state index contributed by atoms with van der Waals surface area (Å²) in [6, 6.07) is 0. The zero-order valence-electron chi connectivity index (χ0n) is 7.96. The fourth-order valence-corrected chi connectivity index (χ4v) is 1.05. The van der Waals surface area contributed by atoms with E-state index in [9.17, 15) is 35.1 Å². The van der Waals surface area contributed by atoms with Gasteiger partial charge in [-0.25, -0.2) is 0 Å². The van der Waals surface area contributed by atoms with Gasteiger partial charge in [0.1, 0.15) is 0 Å². The van der Waals surface area contributed by atoms with Crippen molar-refractivity contribution in [2.24, 2.45) is 0 Å². The predicted octanol–water partition coefficient (Wildman–Crippen LogP) is -2.93. The first kappa shape index (κ1) is 17.6. The van der Waals surface area contributed by atoms with Gasteiger partial charge in [0, 0.05) is 11.1 Å². The number of hydrogen-bond donors (Lipinski definition) is 1. The van der Waals surface area contributed by atoms with Crippen molar-refractivity contribution in [3.8, 4) is 0 Å². The molecule has 2 unspecified atom stereocenters. The molecule has 86 valence electrons. The van der Waals surface area contributed by atoms with E-state index in [-0.39, 0.29) is 20.3 Å². The van der Waals surface area contributed by atoms with Crippen molar-refractivity contribution in [1.29, 1.82) is 5.41 Å². The number of hydrogen-bond acceptors (Lipinski definition) is 5. The summed E-state index contributed by atoms with van der Waals surface area (Å²) in [5.74, 6) is -5.58. The van der Waals surface area contributed by atoms with Crippen LogP contribution < -0.4 is 18.9 Å². The molecule has 0 aromatic carbocycles. The Bertz CT molecular complexity index is 316. The Kier molecular flexibility index (Phi) is 6.46. The minimum absolute atomic E-state index is 0. The van der Waals surface area contributed by atoms with Gasteiger partial charge in [0.15, 0.2) is 5.04 Å². The third-order valence-corrected chi connectivity index (χ3v) is 2.29. The van der Waals surface area contributed by atoms with Gasteiger partial charge in [0.2, 0.25) is 0 Å². The van der Waals surface area contributed by atoms with Crippen LogP contribution in [0.25, 0.3) is 0 Å². The van der Waals surface area contributed by atoms with Crippen LogP contribution in [0.2, 0.25) is 0 Å². The second-order valence-corrected chi connectivity index (χ2v) is 3.75. The van der Waals surface area contributed by atoms with E-state index >= 15 is 0 Å². The minimum atomic E-state index is -5.63. The first-order chi connectivity index (χ1) is 6.05. The van der Waals surface area contributed by atoms with Gasteiger partial charge >= 0.3 is 30.0 Å². The monoisotopic (exact) mass is 263 g/mol.